The molecule has 2 amide bonds. The summed E-state index contributed by atoms with van der Waals surface area (Å²) in [6.45, 7) is 3.73. The minimum absolute atomic E-state index is 0.0874. The number of hydrogen-bond donors (Lipinski definition) is 1. The predicted octanol–water partition coefficient (Wildman–Crippen LogP) is 3.73. The second-order valence-corrected chi connectivity index (χ2v) is 6.81. The second-order valence-electron chi connectivity index (χ2n) is 6.81. The van der Waals surface area contributed by atoms with Crippen molar-refractivity contribution in [3.8, 4) is 0 Å². The van der Waals surface area contributed by atoms with E-state index in [0.717, 1.165) is 43.7 Å². The maximum absolute atomic E-state index is 12.9. The molecule has 5 heteroatoms. The first-order valence-corrected chi connectivity index (χ1v) is 9.27. The van der Waals surface area contributed by atoms with Gasteiger partial charge in [-0.15, -0.1) is 0 Å². The number of nitrogens with one attached hydrogen (secondary N) is 1. The summed E-state index contributed by atoms with van der Waals surface area (Å²) in [5.41, 5.74) is 2.91. The number of benzene rings is 2. The molecule has 1 saturated heterocycles. The van der Waals surface area contributed by atoms with Gasteiger partial charge >= 0.3 is 0 Å². The summed E-state index contributed by atoms with van der Waals surface area (Å²) in [4.78, 5) is 29.8. The molecule has 1 N–H and O–H groups in total. The first-order valence-electron chi connectivity index (χ1n) is 9.27. The molecular weight excluding hydrogens is 326 g/mol. The van der Waals surface area contributed by atoms with Crippen molar-refractivity contribution < 1.29 is 9.59 Å². The number of nitrogens with zero attached hydrogens (tertiary/aromatic N) is 2. The highest BCUT2D eigenvalue weighted by molar-refractivity contribution is 6.08. The Balaban J connectivity index is 1.67. The molecule has 134 valence electrons. The Hall–Kier alpha value is -2.82. The van der Waals surface area contributed by atoms with E-state index in [4.69, 9.17) is 0 Å². The lowest BCUT2D eigenvalue weighted by atomic mass is 9.97. The average molecular weight is 349 g/mol. The maximum atomic E-state index is 12.9. The third kappa shape index (κ3) is 2.83. The predicted molar refractivity (Wildman–Crippen MR) is 103 cm³/mol. The molecule has 1 fully saturated rings. The van der Waals surface area contributed by atoms with Gasteiger partial charge in [-0.3, -0.25) is 9.59 Å². The van der Waals surface area contributed by atoms with Gasteiger partial charge in [0, 0.05) is 24.3 Å². The molecule has 0 radical (unpaired) electrons. The zero-order valence-electron chi connectivity index (χ0n) is 14.9. The lowest BCUT2D eigenvalue weighted by Gasteiger charge is -2.47. The van der Waals surface area contributed by atoms with Gasteiger partial charge in [0.25, 0.3) is 11.8 Å². The normalized spacial score (nSPS) is 19.0. The summed E-state index contributed by atoms with van der Waals surface area (Å²) in [5, 5.41) is 2.91. The highest BCUT2D eigenvalue weighted by Gasteiger charge is 2.38. The highest BCUT2D eigenvalue weighted by atomic mass is 16.2. The van der Waals surface area contributed by atoms with Crippen molar-refractivity contribution in [3.05, 3.63) is 59.7 Å². The van der Waals surface area contributed by atoms with Crippen LogP contribution in [-0.4, -0.2) is 36.0 Å². The fourth-order valence-corrected chi connectivity index (χ4v) is 3.99. The number of anilines is 2. The Morgan fingerprint density at radius 2 is 1.96 bits per heavy atom. The van der Waals surface area contributed by atoms with E-state index >= 15 is 0 Å². The summed E-state index contributed by atoms with van der Waals surface area (Å²) in [5.74, 6) is -0.0713. The smallest absolute Gasteiger partial charge is 0.257 e. The summed E-state index contributed by atoms with van der Waals surface area (Å²) in [7, 11) is 0. The Morgan fingerprint density at radius 1 is 1.15 bits per heavy atom. The topological polar surface area (TPSA) is 52.7 Å². The Morgan fingerprint density at radius 3 is 2.73 bits per heavy atom. The van der Waals surface area contributed by atoms with Crippen LogP contribution in [0.4, 0.5) is 11.4 Å². The highest BCUT2D eigenvalue weighted by Crippen LogP contribution is 2.35. The van der Waals surface area contributed by atoms with E-state index in [0.29, 0.717) is 11.1 Å². The zero-order valence-corrected chi connectivity index (χ0v) is 14.9. The van der Waals surface area contributed by atoms with Gasteiger partial charge in [-0.1, -0.05) is 18.2 Å². The summed E-state index contributed by atoms with van der Waals surface area (Å²) in [6.07, 6.45) is 3.29. The average Bonchev–Trinajstić information content (AvgIpc) is 2.69. The molecule has 0 spiro atoms. The van der Waals surface area contributed by atoms with Crippen LogP contribution < -0.4 is 10.2 Å². The summed E-state index contributed by atoms with van der Waals surface area (Å²) in [6, 6.07) is 14.8. The Bertz CT molecular complexity index is 834. The van der Waals surface area contributed by atoms with Crippen LogP contribution in [0.1, 0.15) is 46.9 Å². The minimum atomic E-state index is -0.159. The fourth-order valence-electron chi connectivity index (χ4n) is 3.99. The number of carbonyl (C=O) groups is 2. The lowest BCUT2D eigenvalue weighted by Crippen LogP contribution is -2.57. The number of para-hydroxylation sites is 1. The number of hydrogen-bond acceptors (Lipinski definition) is 3. The molecule has 0 bridgehead atoms. The van der Waals surface area contributed by atoms with Crippen LogP contribution >= 0.6 is 0 Å². The lowest BCUT2D eigenvalue weighted by molar-refractivity contribution is 0.0582. The van der Waals surface area contributed by atoms with E-state index in [1.165, 1.54) is 0 Å². The molecule has 2 aromatic carbocycles. The van der Waals surface area contributed by atoms with Crippen molar-refractivity contribution >= 4 is 23.2 Å². The van der Waals surface area contributed by atoms with E-state index in [1.807, 2.05) is 41.3 Å². The first-order chi connectivity index (χ1) is 12.7. The molecule has 1 atom stereocenters. The molecule has 26 heavy (non-hydrogen) atoms. The Kier molecular flexibility index (Phi) is 4.37. The second kappa shape index (κ2) is 6.83. The van der Waals surface area contributed by atoms with Crippen LogP contribution in [0.15, 0.2) is 48.5 Å². The molecule has 0 aromatic heterocycles. The molecule has 5 nitrogen and oxygen atoms in total. The molecule has 0 saturated carbocycles. The van der Waals surface area contributed by atoms with Crippen LogP contribution in [-0.2, 0) is 0 Å². The van der Waals surface area contributed by atoms with Crippen molar-refractivity contribution in [1.82, 2.24) is 4.90 Å². The fraction of sp³-hybridized carbons (Fsp3) is 0.333. The molecule has 0 aliphatic carbocycles. The largest absolute Gasteiger partial charge is 0.351 e. The number of fused-ring (bicyclic) bond motifs is 2. The van der Waals surface area contributed by atoms with Crippen molar-refractivity contribution in [2.45, 2.75) is 32.4 Å². The van der Waals surface area contributed by atoms with Crippen LogP contribution in [0.2, 0.25) is 0 Å². The van der Waals surface area contributed by atoms with E-state index in [1.54, 1.807) is 12.1 Å². The van der Waals surface area contributed by atoms with Gasteiger partial charge in [0.2, 0.25) is 0 Å². The van der Waals surface area contributed by atoms with Crippen molar-refractivity contribution in [2.75, 3.05) is 23.3 Å². The van der Waals surface area contributed by atoms with E-state index < -0.39 is 0 Å². The molecule has 2 heterocycles. The van der Waals surface area contributed by atoms with Crippen LogP contribution in [0.3, 0.4) is 0 Å². The van der Waals surface area contributed by atoms with E-state index in [2.05, 4.69) is 17.1 Å². The van der Waals surface area contributed by atoms with Crippen LogP contribution in [0.25, 0.3) is 0 Å². The standard InChI is InChI=1S/C21H23N3O2/c1-2-23-18-14-15(20(25)22-16-8-4-3-5-9-16)11-12-17(18)21(26)24-13-7-6-10-19(23)24/h3-5,8-9,11-12,14,19H,2,6-7,10,13H2,1H3,(H,22,25). The molecule has 2 aromatic rings. The van der Waals surface area contributed by atoms with E-state index in [9.17, 15) is 9.59 Å². The molecular formula is C21H23N3O2. The van der Waals surface area contributed by atoms with Gasteiger partial charge in [-0.25, -0.2) is 0 Å². The molecule has 2 aliphatic rings. The van der Waals surface area contributed by atoms with Gasteiger partial charge in [0.05, 0.1) is 11.3 Å². The summed E-state index contributed by atoms with van der Waals surface area (Å²) < 4.78 is 0. The zero-order chi connectivity index (χ0) is 18.1. The number of carbonyl (C=O) groups excluding carboxylic acids is 2. The number of piperidine rings is 1. The van der Waals surface area contributed by atoms with Gasteiger partial charge in [-0.2, -0.15) is 0 Å². The molecule has 1 unspecified atom stereocenters. The first kappa shape index (κ1) is 16.6. The van der Waals surface area contributed by atoms with Gasteiger partial charge in [0.15, 0.2) is 0 Å². The van der Waals surface area contributed by atoms with Gasteiger partial charge in [0.1, 0.15) is 6.17 Å². The monoisotopic (exact) mass is 349 g/mol. The van der Waals surface area contributed by atoms with Gasteiger partial charge < -0.3 is 15.1 Å². The quantitative estimate of drug-likeness (QED) is 0.919. The maximum Gasteiger partial charge on any atom is 0.257 e. The van der Waals surface area contributed by atoms with Crippen molar-refractivity contribution in [2.24, 2.45) is 0 Å². The third-order valence-corrected chi connectivity index (χ3v) is 5.26. The van der Waals surface area contributed by atoms with Crippen molar-refractivity contribution in [3.63, 3.8) is 0 Å². The van der Waals surface area contributed by atoms with Gasteiger partial charge in [-0.05, 0) is 56.5 Å². The molecule has 2 aliphatic heterocycles. The number of amides is 2. The third-order valence-electron chi connectivity index (χ3n) is 5.26. The Labute approximate surface area is 153 Å². The van der Waals surface area contributed by atoms with Crippen molar-refractivity contribution in [1.29, 1.82) is 0 Å². The van der Waals surface area contributed by atoms with Crippen LogP contribution in [0, 0.1) is 0 Å². The number of rotatable bonds is 3. The molecule has 4 rings (SSSR count). The minimum Gasteiger partial charge on any atom is -0.351 e. The summed E-state index contributed by atoms with van der Waals surface area (Å²) >= 11 is 0. The van der Waals surface area contributed by atoms with E-state index in [-0.39, 0.29) is 18.0 Å². The van der Waals surface area contributed by atoms with Crippen LogP contribution in [0.5, 0.6) is 0 Å². The SMILES string of the molecule is CCN1c2cc(C(=O)Nc3ccccc3)ccc2C(=O)N2CCCCC21.